The predicted octanol–water partition coefficient (Wildman–Crippen LogP) is 3.89. The van der Waals surface area contributed by atoms with Crippen LogP contribution in [0.25, 0.3) is 0 Å². The number of benzene rings is 1. The first-order valence-corrected chi connectivity index (χ1v) is 7.21. The van der Waals surface area contributed by atoms with E-state index < -0.39 is 5.82 Å². The van der Waals surface area contributed by atoms with Crippen molar-refractivity contribution in [2.45, 2.75) is 6.54 Å². The Hall–Kier alpha value is -3.46. The van der Waals surface area contributed by atoms with E-state index in [1.54, 1.807) is 42.6 Å². The highest BCUT2D eigenvalue weighted by molar-refractivity contribution is 5.40. The lowest BCUT2D eigenvalue weighted by Gasteiger charge is -2.09. The van der Waals surface area contributed by atoms with Gasteiger partial charge in [0, 0.05) is 18.9 Å². The van der Waals surface area contributed by atoms with Gasteiger partial charge in [0.25, 0.3) is 0 Å². The van der Waals surface area contributed by atoms with E-state index in [1.165, 1.54) is 18.5 Å². The Labute approximate surface area is 138 Å². The van der Waals surface area contributed by atoms with E-state index in [0.29, 0.717) is 23.7 Å². The Balaban J connectivity index is 1.65. The third-order valence-electron chi connectivity index (χ3n) is 3.22. The molecule has 118 valence electrons. The number of nitrogens with zero attached hydrogens (tertiary/aromatic N) is 3. The van der Waals surface area contributed by atoms with Crippen molar-refractivity contribution in [2.24, 2.45) is 0 Å². The number of nitriles is 1. The Morgan fingerprint density at radius 3 is 2.75 bits per heavy atom. The molecule has 0 saturated carbocycles. The Morgan fingerprint density at radius 1 is 1.17 bits per heavy atom. The number of hydrogen-bond donors (Lipinski definition) is 1. The van der Waals surface area contributed by atoms with Crippen molar-refractivity contribution in [2.75, 3.05) is 5.32 Å². The standard InChI is InChI=1S/C18H13FN4O/c19-16-8-13(10-22-18-6-4-14(9-20)11-23-18)3-5-17(16)24-15-2-1-7-21-12-15/h1-8,11-12H,10H2,(H,22,23). The molecule has 0 spiro atoms. The summed E-state index contributed by atoms with van der Waals surface area (Å²) >= 11 is 0. The second kappa shape index (κ2) is 7.20. The van der Waals surface area contributed by atoms with E-state index in [1.807, 2.05) is 6.07 Å². The minimum absolute atomic E-state index is 0.142. The summed E-state index contributed by atoms with van der Waals surface area (Å²) in [7, 11) is 0. The third kappa shape index (κ3) is 3.84. The molecule has 0 radical (unpaired) electrons. The number of anilines is 1. The smallest absolute Gasteiger partial charge is 0.166 e. The van der Waals surface area contributed by atoms with E-state index in [4.69, 9.17) is 10.00 Å². The molecule has 0 bridgehead atoms. The molecule has 2 aromatic heterocycles. The number of hydrogen-bond acceptors (Lipinski definition) is 5. The Bertz CT molecular complexity index is 860. The van der Waals surface area contributed by atoms with Gasteiger partial charge in [-0.2, -0.15) is 5.26 Å². The monoisotopic (exact) mass is 320 g/mol. The molecule has 0 fully saturated rings. The van der Waals surface area contributed by atoms with Gasteiger partial charge in [-0.05, 0) is 42.0 Å². The van der Waals surface area contributed by atoms with Crippen LogP contribution in [0.15, 0.2) is 61.1 Å². The number of pyridine rings is 2. The molecule has 0 amide bonds. The maximum Gasteiger partial charge on any atom is 0.166 e. The van der Waals surface area contributed by atoms with Crippen molar-refractivity contribution >= 4 is 5.82 Å². The summed E-state index contributed by atoms with van der Waals surface area (Å²) in [4.78, 5) is 8.02. The van der Waals surface area contributed by atoms with E-state index >= 15 is 0 Å². The molecule has 24 heavy (non-hydrogen) atoms. The highest BCUT2D eigenvalue weighted by Crippen LogP contribution is 2.24. The van der Waals surface area contributed by atoms with E-state index in [0.717, 1.165) is 5.56 Å². The van der Waals surface area contributed by atoms with Gasteiger partial charge < -0.3 is 10.1 Å². The van der Waals surface area contributed by atoms with Gasteiger partial charge >= 0.3 is 0 Å². The van der Waals surface area contributed by atoms with Gasteiger partial charge in [0.15, 0.2) is 11.6 Å². The zero-order valence-corrected chi connectivity index (χ0v) is 12.6. The second-order valence-electron chi connectivity index (χ2n) is 4.95. The maximum absolute atomic E-state index is 14.1. The summed E-state index contributed by atoms with van der Waals surface area (Å²) in [5.74, 6) is 0.781. The van der Waals surface area contributed by atoms with Gasteiger partial charge in [-0.3, -0.25) is 4.98 Å². The average molecular weight is 320 g/mol. The quantitative estimate of drug-likeness (QED) is 0.772. The van der Waals surface area contributed by atoms with Crippen molar-refractivity contribution in [1.29, 1.82) is 5.26 Å². The maximum atomic E-state index is 14.1. The van der Waals surface area contributed by atoms with Crippen LogP contribution in [0.4, 0.5) is 10.2 Å². The third-order valence-corrected chi connectivity index (χ3v) is 3.22. The fourth-order valence-corrected chi connectivity index (χ4v) is 2.03. The van der Waals surface area contributed by atoms with Gasteiger partial charge in [0.05, 0.1) is 11.8 Å². The molecule has 6 heteroatoms. The van der Waals surface area contributed by atoms with Crippen molar-refractivity contribution in [3.05, 3.63) is 78.0 Å². The second-order valence-corrected chi connectivity index (χ2v) is 4.95. The van der Waals surface area contributed by atoms with Gasteiger partial charge in [-0.1, -0.05) is 6.07 Å². The topological polar surface area (TPSA) is 70.8 Å². The van der Waals surface area contributed by atoms with E-state index in [2.05, 4.69) is 15.3 Å². The molecule has 0 aliphatic rings. The van der Waals surface area contributed by atoms with Crippen LogP contribution in [0.3, 0.4) is 0 Å². The molecule has 0 aliphatic heterocycles. The van der Waals surface area contributed by atoms with Crippen molar-refractivity contribution in [1.82, 2.24) is 9.97 Å². The fourth-order valence-electron chi connectivity index (χ4n) is 2.03. The van der Waals surface area contributed by atoms with Gasteiger partial charge in [0.1, 0.15) is 17.6 Å². The number of rotatable bonds is 5. The zero-order chi connectivity index (χ0) is 16.8. The summed E-state index contributed by atoms with van der Waals surface area (Å²) in [6.45, 7) is 0.406. The highest BCUT2D eigenvalue weighted by Gasteiger charge is 2.06. The van der Waals surface area contributed by atoms with Crippen LogP contribution in [0, 0.1) is 17.1 Å². The Morgan fingerprint density at radius 2 is 2.08 bits per heavy atom. The summed E-state index contributed by atoms with van der Waals surface area (Å²) in [6.07, 6.45) is 4.62. The van der Waals surface area contributed by atoms with Gasteiger partial charge in [-0.25, -0.2) is 9.37 Å². The van der Waals surface area contributed by atoms with Crippen molar-refractivity contribution in [3.63, 3.8) is 0 Å². The van der Waals surface area contributed by atoms with Crippen LogP contribution in [0.5, 0.6) is 11.5 Å². The van der Waals surface area contributed by atoms with Crippen molar-refractivity contribution in [3.8, 4) is 17.6 Å². The highest BCUT2D eigenvalue weighted by atomic mass is 19.1. The fraction of sp³-hybridized carbons (Fsp3) is 0.0556. The molecule has 0 saturated heterocycles. The number of aromatic nitrogens is 2. The molecule has 3 rings (SSSR count). The first-order chi connectivity index (χ1) is 11.7. The first kappa shape index (κ1) is 15.4. The molecule has 1 N–H and O–H groups in total. The molecular formula is C18H13FN4O. The van der Waals surface area contributed by atoms with E-state index in [9.17, 15) is 4.39 Å². The number of nitrogens with one attached hydrogen (secondary N) is 1. The Kier molecular flexibility index (Phi) is 4.63. The molecule has 0 aliphatic carbocycles. The van der Waals surface area contributed by atoms with E-state index in [-0.39, 0.29) is 5.75 Å². The summed E-state index contributed by atoms with van der Waals surface area (Å²) in [5, 5.41) is 11.8. The van der Waals surface area contributed by atoms with Gasteiger partial charge in [-0.15, -0.1) is 0 Å². The molecule has 3 aromatic rings. The lowest BCUT2D eigenvalue weighted by Crippen LogP contribution is -2.02. The zero-order valence-electron chi connectivity index (χ0n) is 12.6. The normalized spacial score (nSPS) is 10.0. The van der Waals surface area contributed by atoms with Crippen molar-refractivity contribution < 1.29 is 9.13 Å². The lowest BCUT2D eigenvalue weighted by atomic mass is 10.2. The summed E-state index contributed by atoms with van der Waals surface area (Å²) in [5.41, 5.74) is 1.24. The minimum atomic E-state index is -0.453. The van der Waals surface area contributed by atoms with Crippen LogP contribution in [-0.4, -0.2) is 9.97 Å². The van der Waals surface area contributed by atoms with Crippen LogP contribution >= 0.6 is 0 Å². The van der Waals surface area contributed by atoms with Crippen LogP contribution < -0.4 is 10.1 Å². The summed E-state index contributed by atoms with van der Waals surface area (Å²) < 4.78 is 19.6. The lowest BCUT2D eigenvalue weighted by molar-refractivity contribution is 0.440. The molecule has 1 aromatic carbocycles. The molecule has 0 atom stereocenters. The SMILES string of the molecule is N#Cc1ccc(NCc2ccc(Oc3cccnc3)c(F)c2)nc1. The molecule has 2 heterocycles. The van der Waals surface area contributed by atoms with Gasteiger partial charge in [0.2, 0.25) is 0 Å². The van der Waals surface area contributed by atoms with Crippen LogP contribution in [-0.2, 0) is 6.54 Å². The molecular weight excluding hydrogens is 307 g/mol. The average Bonchev–Trinajstić information content (AvgIpc) is 2.63. The number of ether oxygens (including phenoxy) is 1. The van der Waals surface area contributed by atoms with Crippen LogP contribution in [0.1, 0.15) is 11.1 Å². The summed E-state index contributed by atoms with van der Waals surface area (Å²) in [6, 6.07) is 13.5. The minimum Gasteiger partial charge on any atom is -0.453 e. The molecule has 5 nitrogen and oxygen atoms in total. The predicted molar refractivity (Wildman–Crippen MR) is 87.0 cm³/mol. The first-order valence-electron chi connectivity index (χ1n) is 7.21. The largest absolute Gasteiger partial charge is 0.453 e. The number of halogens is 1. The molecule has 0 unspecified atom stereocenters. The van der Waals surface area contributed by atoms with Crippen LogP contribution in [0.2, 0.25) is 0 Å².